The fraction of sp³-hybridized carbons (Fsp3) is 0.136. The van der Waals surface area contributed by atoms with Crippen molar-refractivity contribution in [2.45, 2.75) is 18.9 Å². The van der Waals surface area contributed by atoms with Crippen LogP contribution >= 0.6 is 0 Å². The fourth-order valence-corrected chi connectivity index (χ4v) is 3.76. The van der Waals surface area contributed by atoms with E-state index in [-0.39, 0.29) is 24.0 Å². The minimum atomic E-state index is -4.97. The van der Waals surface area contributed by atoms with Crippen LogP contribution in [-0.2, 0) is 18.9 Å². The summed E-state index contributed by atoms with van der Waals surface area (Å²) < 4.78 is 81.5. The summed E-state index contributed by atoms with van der Waals surface area (Å²) in [5, 5.41) is 12.2. The zero-order chi connectivity index (χ0) is 23.3. The monoisotopic (exact) mass is 448 g/mol. The first-order valence-corrected chi connectivity index (χ1v) is 9.25. The van der Waals surface area contributed by atoms with E-state index in [1.165, 1.54) is 6.07 Å². The topological polar surface area (TPSA) is 65.0 Å². The molecule has 0 unspecified atom stereocenters. The maximum atomic E-state index is 13.6. The Balaban J connectivity index is 1.93. The Morgan fingerprint density at radius 3 is 2.16 bits per heavy atom. The van der Waals surface area contributed by atoms with Gasteiger partial charge in [0.1, 0.15) is 0 Å². The van der Waals surface area contributed by atoms with Gasteiger partial charge in [0.2, 0.25) is 0 Å². The predicted molar refractivity (Wildman–Crippen MR) is 107 cm³/mol. The summed E-state index contributed by atoms with van der Waals surface area (Å²) in [7, 11) is 0. The minimum Gasteiger partial charge on any atom is -0.336 e. The summed E-state index contributed by atoms with van der Waals surface area (Å²) in [5.74, 6) is -0.272. The Kier molecular flexibility index (Phi) is 5.03. The molecule has 0 bridgehead atoms. The molecule has 3 aromatic carbocycles. The van der Waals surface area contributed by atoms with Crippen molar-refractivity contribution in [3.05, 3.63) is 82.9 Å². The van der Waals surface area contributed by atoms with Gasteiger partial charge in [0.15, 0.2) is 5.84 Å². The average molecular weight is 448 g/mol. The zero-order valence-corrected chi connectivity index (χ0v) is 16.1. The highest BCUT2D eigenvalue weighted by molar-refractivity contribution is 6.11. The molecule has 2 N–H and O–H groups in total. The number of amidine groups is 1. The molecule has 4 nitrogen and oxygen atoms in total. The van der Waals surface area contributed by atoms with Gasteiger partial charge in [-0.25, -0.2) is 5.53 Å². The van der Waals surface area contributed by atoms with E-state index in [0.29, 0.717) is 33.4 Å². The molecule has 32 heavy (non-hydrogen) atoms. The molecule has 164 valence electrons. The first-order chi connectivity index (χ1) is 15.0. The van der Waals surface area contributed by atoms with Gasteiger partial charge >= 0.3 is 12.4 Å². The Morgan fingerprint density at radius 1 is 0.812 bits per heavy atom. The van der Waals surface area contributed by atoms with Crippen LogP contribution in [0.4, 0.5) is 26.3 Å². The van der Waals surface area contributed by atoms with Crippen LogP contribution in [0, 0.1) is 10.9 Å². The number of alkyl halides is 6. The number of nitrogens with zero attached hydrogens (tertiary/aromatic N) is 2. The molecule has 0 atom stereocenters. The number of hydrogen-bond acceptors (Lipinski definition) is 2. The number of aromatic nitrogens is 1. The third kappa shape index (κ3) is 3.72. The van der Waals surface area contributed by atoms with Gasteiger partial charge in [-0.05, 0) is 42.0 Å². The van der Waals surface area contributed by atoms with Gasteiger partial charge in [-0.15, -0.1) is 5.11 Å². The molecule has 4 rings (SSSR count). The highest BCUT2D eigenvalue weighted by Gasteiger charge is 2.38. The average Bonchev–Trinajstić information content (AvgIpc) is 3.05. The van der Waals surface area contributed by atoms with Crippen LogP contribution in [-0.4, -0.2) is 10.4 Å². The Morgan fingerprint density at radius 2 is 1.50 bits per heavy atom. The van der Waals surface area contributed by atoms with Crippen molar-refractivity contribution in [3.8, 4) is 0 Å². The minimum absolute atomic E-state index is 0.137. The van der Waals surface area contributed by atoms with Crippen molar-refractivity contribution in [1.82, 2.24) is 4.57 Å². The lowest BCUT2D eigenvalue weighted by Gasteiger charge is -2.17. The summed E-state index contributed by atoms with van der Waals surface area (Å²) in [6.45, 7) is -0.309. The zero-order valence-electron chi connectivity index (χ0n) is 16.1. The third-order valence-electron chi connectivity index (χ3n) is 5.23. The fourth-order valence-electron chi connectivity index (χ4n) is 3.76. The molecule has 0 saturated carbocycles. The van der Waals surface area contributed by atoms with Crippen molar-refractivity contribution < 1.29 is 26.3 Å². The second-order valence-electron chi connectivity index (χ2n) is 7.16. The molecular formula is C22H14F6N4. The normalized spacial score (nSPS) is 12.4. The number of rotatable bonds is 3. The molecule has 0 radical (unpaired) electrons. The molecule has 10 heteroatoms. The van der Waals surface area contributed by atoms with Crippen LogP contribution in [0.15, 0.2) is 65.8 Å². The molecule has 0 saturated heterocycles. The second kappa shape index (κ2) is 7.47. The number of hydrogen-bond donors (Lipinski definition) is 2. The largest absolute Gasteiger partial charge is 0.416 e. The second-order valence-corrected chi connectivity index (χ2v) is 7.16. The molecule has 1 heterocycles. The maximum Gasteiger partial charge on any atom is 0.416 e. The van der Waals surface area contributed by atoms with E-state index in [0.717, 1.165) is 6.07 Å². The summed E-state index contributed by atoms with van der Waals surface area (Å²) >= 11 is 0. The van der Waals surface area contributed by atoms with E-state index >= 15 is 0 Å². The van der Waals surface area contributed by atoms with Crippen LogP contribution in [0.2, 0.25) is 0 Å². The number of halogens is 6. The van der Waals surface area contributed by atoms with E-state index in [1.807, 2.05) is 0 Å². The van der Waals surface area contributed by atoms with E-state index in [2.05, 4.69) is 5.11 Å². The first kappa shape index (κ1) is 21.5. The van der Waals surface area contributed by atoms with Crippen molar-refractivity contribution in [1.29, 1.82) is 10.9 Å². The van der Waals surface area contributed by atoms with Gasteiger partial charge in [0.25, 0.3) is 0 Å². The van der Waals surface area contributed by atoms with Crippen molar-refractivity contribution in [2.75, 3.05) is 0 Å². The van der Waals surface area contributed by atoms with Gasteiger partial charge in [-0.2, -0.15) is 26.3 Å². The Labute approximate surface area is 177 Å². The molecule has 0 fully saturated rings. The summed E-state index contributed by atoms with van der Waals surface area (Å²) in [5.41, 5.74) is 5.51. The van der Waals surface area contributed by atoms with Crippen LogP contribution < -0.4 is 0 Å². The SMILES string of the molecule is N=NC(=N)c1ccc2c(c1)c1ccccc1n2Cc1ccc(C(F)(F)F)cc1C(F)(F)F. The van der Waals surface area contributed by atoms with Crippen molar-refractivity contribution >= 4 is 27.6 Å². The standard InChI is InChI=1S/C22H14F6N4/c23-21(24,25)14-7-5-13(17(10-14)22(26,27)28)11-32-18-4-2-1-3-15(18)16-9-12(20(29)31-30)6-8-19(16)32/h1-10,29-30H,11H2. The lowest BCUT2D eigenvalue weighted by atomic mass is 10.0. The molecule has 1 aromatic heterocycles. The highest BCUT2D eigenvalue weighted by Crippen LogP contribution is 2.39. The quantitative estimate of drug-likeness (QED) is 0.144. The van der Waals surface area contributed by atoms with Gasteiger partial charge < -0.3 is 4.57 Å². The number of nitrogens with one attached hydrogen (secondary N) is 2. The number of para-hydroxylation sites is 1. The van der Waals surface area contributed by atoms with Crippen LogP contribution in [0.1, 0.15) is 22.3 Å². The number of fused-ring (bicyclic) bond motifs is 3. The summed E-state index contributed by atoms with van der Waals surface area (Å²) in [4.78, 5) is 0. The lowest BCUT2D eigenvalue weighted by Crippen LogP contribution is -2.15. The summed E-state index contributed by atoms with van der Waals surface area (Å²) in [6.07, 6.45) is -9.86. The van der Waals surface area contributed by atoms with Gasteiger partial charge in [-0.3, -0.25) is 5.41 Å². The highest BCUT2D eigenvalue weighted by atomic mass is 19.4. The van der Waals surface area contributed by atoms with Crippen LogP contribution in [0.5, 0.6) is 0 Å². The molecule has 0 aliphatic carbocycles. The van der Waals surface area contributed by atoms with E-state index in [9.17, 15) is 26.3 Å². The molecule has 0 amide bonds. The van der Waals surface area contributed by atoms with Gasteiger partial charge in [0.05, 0.1) is 11.1 Å². The van der Waals surface area contributed by atoms with Crippen LogP contribution in [0.3, 0.4) is 0 Å². The van der Waals surface area contributed by atoms with E-state index in [4.69, 9.17) is 10.9 Å². The van der Waals surface area contributed by atoms with Gasteiger partial charge in [-0.1, -0.05) is 24.3 Å². The third-order valence-corrected chi connectivity index (χ3v) is 5.23. The summed E-state index contributed by atoms with van der Waals surface area (Å²) in [6, 6.07) is 13.3. The molecule has 0 aliphatic heterocycles. The molecule has 0 spiro atoms. The lowest BCUT2D eigenvalue weighted by molar-refractivity contribution is -0.143. The molecular weight excluding hydrogens is 434 g/mol. The smallest absolute Gasteiger partial charge is 0.336 e. The molecule has 4 aromatic rings. The van der Waals surface area contributed by atoms with E-state index in [1.54, 1.807) is 41.0 Å². The first-order valence-electron chi connectivity index (χ1n) is 9.25. The molecule has 0 aliphatic rings. The Hall–Kier alpha value is -3.69. The van der Waals surface area contributed by atoms with Crippen molar-refractivity contribution in [3.63, 3.8) is 0 Å². The predicted octanol–water partition coefficient (Wildman–Crippen LogP) is 7.24. The van der Waals surface area contributed by atoms with E-state index < -0.39 is 23.5 Å². The Bertz CT molecular complexity index is 1360. The number of benzene rings is 3. The van der Waals surface area contributed by atoms with Gasteiger partial charge in [0, 0.05) is 33.9 Å². The maximum absolute atomic E-state index is 13.6. The van der Waals surface area contributed by atoms with Crippen LogP contribution in [0.25, 0.3) is 21.8 Å². The van der Waals surface area contributed by atoms with Crippen molar-refractivity contribution in [2.24, 2.45) is 5.11 Å².